The molecule has 0 atom stereocenters. The first-order chi connectivity index (χ1) is 14.3. The first-order valence-electron chi connectivity index (χ1n) is 10.9. The highest BCUT2D eigenvalue weighted by Crippen LogP contribution is 2.40. The number of halogens is 3. The molecular weight excluding hydrogens is 395 g/mol. The van der Waals surface area contributed by atoms with Crippen molar-refractivity contribution >= 4 is 23.2 Å². The highest BCUT2D eigenvalue weighted by molar-refractivity contribution is 6.01. The second-order valence-electron chi connectivity index (χ2n) is 8.94. The summed E-state index contributed by atoms with van der Waals surface area (Å²) < 4.78 is 38.8. The predicted molar refractivity (Wildman–Crippen MR) is 111 cm³/mol. The van der Waals surface area contributed by atoms with Crippen molar-refractivity contribution in [3.8, 4) is 0 Å². The van der Waals surface area contributed by atoms with Crippen LogP contribution in [0.1, 0.15) is 61.7 Å². The molecule has 0 aliphatic heterocycles. The minimum Gasteiger partial charge on any atom is -0.396 e. The quantitative estimate of drug-likeness (QED) is 0.617. The summed E-state index contributed by atoms with van der Waals surface area (Å²) in [6.07, 6.45) is 1.16. The molecule has 4 rings (SSSR count). The van der Waals surface area contributed by atoms with E-state index >= 15 is 0 Å². The number of hydrogen-bond donors (Lipinski definition) is 3. The second-order valence-corrected chi connectivity index (χ2v) is 8.94. The molecule has 0 saturated heterocycles. The highest BCUT2D eigenvalue weighted by Gasteiger charge is 2.42. The van der Waals surface area contributed by atoms with Crippen molar-refractivity contribution in [3.05, 3.63) is 11.6 Å². The third-order valence-corrected chi connectivity index (χ3v) is 6.45. The molecule has 4 N–H and O–H groups in total. The molecular formula is C21H30F3N5O. The van der Waals surface area contributed by atoms with Crippen molar-refractivity contribution in [1.29, 1.82) is 0 Å². The van der Waals surface area contributed by atoms with Gasteiger partial charge in [-0.25, -0.2) is 4.98 Å². The first kappa shape index (κ1) is 21.1. The lowest BCUT2D eigenvalue weighted by atomic mass is 9.85. The summed E-state index contributed by atoms with van der Waals surface area (Å²) in [5.41, 5.74) is 6.89. The smallest absolute Gasteiger partial charge is 0.391 e. The fourth-order valence-corrected chi connectivity index (χ4v) is 4.31. The van der Waals surface area contributed by atoms with E-state index in [0.29, 0.717) is 47.7 Å². The Morgan fingerprint density at radius 1 is 1.17 bits per heavy atom. The monoisotopic (exact) mass is 425 g/mol. The van der Waals surface area contributed by atoms with Gasteiger partial charge in [-0.1, -0.05) is 0 Å². The third-order valence-electron chi connectivity index (χ3n) is 6.45. The Balaban J connectivity index is 1.52. The van der Waals surface area contributed by atoms with Crippen LogP contribution in [0.15, 0.2) is 6.07 Å². The van der Waals surface area contributed by atoms with Gasteiger partial charge in [0.1, 0.15) is 5.82 Å². The molecule has 1 aromatic heterocycles. The van der Waals surface area contributed by atoms with E-state index in [9.17, 15) is 18.0 Å². The van der Waals surface area contributed by atoms with Gasteiger partial charge in [-0.3, -0.25) is 4.79 Å². The summed E-state index contributed by atoms with van der Waals surface area (Å²) in [5.74, 6) is 0.232. The zero-order chi connectivity index (χ0) is 21.5. The van der Waals surface area contributed by atoms with E-state index in [1.165, 1.54) is 12.8 Å². The van der Waals surface area contributed by atoms with Gasteiger partial charge in [-0.2, -0.15) is 13.2 Å². The van der Waals surface area contributed by atoms with E-state index in [-0.39, 0.29) is 24.8 Å². The third kappa shape index (κ3) is 4.75. The Hall–Kier alpha value is -2.19. The van der Waals surface area contributed by atoms with Crippen molar-refractivity contribution in [2.45, 2.75) is 69.6 Å². The lowest BCUT2D eigenvalue weighted by Crippen LogP contribution is -2.41. The van der Waals surface area contributed by atoms with E-state index in [0.717, 1.165) is 19.4 Å². The molecule has 3 fully saturated rings. The van der Waals surface area contributed by atoms with Crippen LogP contribution in [0.4, 0.5) is 30.5 Å². The van der Waals surface area contributed by atoms with Gasteiger partial charge in [0.25, 0.3) is 5.91 Å². The van der Waals surface area contributed by atoms with E-state index < -0.39 is 12.1 Å². The average molecular weight is 425 g/mol. The van der Waals surface area contributed by atoms with Gasteiger partial charge in [0.2, 0.25) is 0 Å². The van der Waals surface area contributed by atoms with Gasteiger partial charge in [0.15, 0.2) is 5.82 Å². The van der Waals surface area contributed by atoms with Gasteiger partial charge in [-0.15, -0.1) is 0 Å². The maximum absolute atomic E-state index is 13.1. The van der Waals surface area contributed by atoms with Crippen molar-refractivity contribution in [2.24, 2.45) is 11.8 Å². The number of carbonyl (C=O) groups excluding carboxylic acids is 1. The van der Waals surface area contributed by atoms with Gasteiger partial charge < -0.3 is 21.3 Å². The van der Waals surface area contributed by atoms with Crippen molar-refractivity contribution in [2.75, 3.05) is 29.5 Å². The van der Waals surface area contributed by atoms with E-state index in [4.69, 9.17) is 5.73 Å². The Morgan fingerprint density at radius 2 is 1.83 bits per heavy atom. The zero-order valence-corrected chi connectivity index (χ0v) is 17.3. The summed E-state index contributed by atoms with van der Waals surface area (Å²) in [6.45, 7) is 0.877. The van der Waals surface area contributed by atoms with Gasteiger partial charge in [0, 0.05) is 25.7 Å². The molecule has 1 heterocycles. The Bertz CT molecular complexity index is 784. The van der Waals surface area contributed by atoms with E-state index in [1.54, 1.807) is 13.1 Å². The number of nitrogens with one attached hydrogen (secondary N) is 2. The van der Waals surface area contributed by atoms with Crippen LogP contribution in [-0.2, 0) is 0 Å². The maximum Gasteiger partial charge on any atom is 0.391 e. The van der Waals surface area contributed by atoms with E-state index in [2.05, 4.69) is 20.5 Å². The standard InChI is InChI=1S/C21H30F3N5O/c1-26-18-17(25)10-16(19(28-18)29(15-8-9-15)11-12-2-3-12)20(30)27-14-6-4-13(5-7-14)21(22,23)24/h10,12-15H,2-9,11,25H2,1H3,(H,26,28)(H,27,30)/t13-,14-. The lowest BCUT2D eigenvalue weighted by molar-refractivity contribution is -0.182. The van der Waals surface area contributed by atoms with Crippen LogP contribution in [0.2, 0.25) is 0 Å². The summed E-state index contributed by atoms with van der Waals surface area (Å²) >= 11 is 0. The number of pyridine rings is 1. The molecule has 3 saturated carbocycles. The molecule has 0 radical (unpaired) electrons. The number of nitrogen functional groups attached to an aromatic ring is 1. The fraction of sp³-hybridized carbons (Fsp3) is 0.714. The molecule has 3 aliphatic rings. The number of amides is 1. The normalized spacial score (nSPS) is 24.4. The molecule has 6 nitrogen and oxygen atoms in total. The topological polar surface area (TPSA) is 83.3 Å². The van der Waals surface area contributed by atoms with Crippen molar-refractivity contribution in [3.63, 3.8) is 0 Å². The summed E-state index contributed by atoms with van der Waals surface area (Å²) in [7, 11) is 1.74. The number of rotatable bonds is 7. The van der Waals surface area contributed by atoms with Crippen LogP contribution >= 0.6 is 0 Å². The minimum absolute atomic E-state index is 0.0518. The van der Waals surface area contributed by atoms with Crippen LogP contribution < -0.4 is 21.3 Å². The summed E-state index contributed by atoms with van der Waals surface area (Å²) in [4.78, 5) is 20.0. The van der Waals surface area contributed by atoms with Gasteiger partial charge >= 0.3 is 6.18 Å². The molecule has 1 aromatic rings. The summed E-state index contributed by atoms with van der Waals surface area (Å²) in [6, 6.07) is 1.78. The number of nitrogens with zero attached hydrogens (tertiary/aromatic N) is 2. The molecule has 3 aliphatic carbocycles. The Labute approximate surface area is 174 Å². The molecule has 0 spiro atoms. The van der Waals surface area contributed by atoms with Gasteiger partial charge in [0.05, 0.1) is 17.2 Å². The lowest BCUT2D eigenvalue weighted by Gasteiger charge is -2.31. The van der Waals surface area contributed by atoms with Crippen LogP contribution in [0, 0.1) is 11.8 Å². The van der Waals surface area contributed by atoms with E-state index in [1.807, 2.05) is 0 Å². The predicted octanol–water partition coefficient (Wildman–Crippen LogP) is 3.94. The maximum atomic E-state index is 13.1. The molecule has 30 heavy (non-hydrogen) atoms. The van der Waals surface area contributed by atoms with Crippen molar-refractivity contribution < 1.29 is 18.0 Å². The SMILES string of the molecule is CNc1nc(N(CC2CC2)C2CC2)c(C(=O)N[C@H]2CC[C@H](C(F)(F)F)CC2)cc1N. The molecule has 166 valence electrons. The highest BCUT2D eigenvalue weighted by atomic mass is 19.4. The molecule has 0 bridgehead atoms. The zero-order valence-electron chi connectivity index (χ0n) is 17.3. The number of carbonyl (C=O) groups is 1. The molecule has 0 unspecified atom stereocenters. The van der Waals surface area contributed by atoms with Crippen LogP contribution in [0.3, 0.4) is 0 Å². The summed E-state index contributed by atoms with van der Waals surface area (Å²) in [5, 5.41) is 5.93. The first-order valence-corrected chi connectivity index (χ1v) is 10.9. The number of anilines is 3. The Kier molecular flexibility index (Phi) is 5.72. The molecule has 1 amide bonds. The largest absolute Gasteiger partial charge is 0.396 e. The fourth-order valence-electron chi connectivity index (χ4n) is 4.31. The molecule has 0 aromatic carbocycles. The number of hydrogen-bond acceptors (Lipinski definition) is 5. The minimum atomic E-state index is -4.16. The van der Waals surface area contributed by atoms with Crippen LogP contribution in [0.25, 0.3) is 0 Å². The average Bonchev–Trinajstić information content (AvgIpc) is 3.60. The van der Waals surface area contributed by atoms with Crippen molar-refractivity contribution in [1.82, 2.24) is 10.3 Å². The van der Waals surface area contributed by atoms with Crippen LogP contribution in [0.5, 0.6) is 0 Å². The van der Waals surface area contributed by atoms with Crippen LogP contribution in [-0.4, -0.2) is 42.7 Å². The number of aromatic nitrogens is 1. The molecule has 9 heteroatoms. The number of alkyl halides is 3. The Morgan fingerprint density at radius 3 is 2.37 bits per heavy atom. The van der Waals surface area contributed by atoms with Gasteiger partial charge in [-0.05, 0) is 63.4 Å². The number of nitrogens with two attached hydrogens (primary N) is 1. The second kappa shape index (κ2) is 8.15.